The molecule has 52 heavy (non-hydrogen) atoms. The van der Waals surface area contributed by atoms with Crippen LogP contribution < -0.4 is 10.6 Å². The van der Waals surface area contributed by atoms with Gasteiger partial charge in [-0.1, -0.05) is 48.5 Å². The molecule has 3 aromatic carbocycles. The van der Waals surface area contributed by atoms with Gasteiger partial charge in [-0.25, -0.2) is 4.79 Å². The van der Waals surface area contributed by atoms with Crippen LogP contribution in [0.2, 0.25) is 0 Å². The molecule has 0 bridgehead atoms. The number of rotatable bonds is 4. The van der Waals surface area contributed by atoms with Crippen LogP contribution in [-0.4, -0.2) is 69.4 Å². The zero-order chi connectivity index (χ0) is 36.8. The second-order valence-corrected chi connectivity index (χ2v) is 13.3. The van der Waals surface area contributed by atoms with Crippen molar-refractivity contribution in [3.8, 4) is 0 Å². The molecule has 1 saturated heterocycles. The topological polar surface area (TPSA) is 155 Å². The van der Waals surface area contributed by atoms with Gasteiger partial charge in [-0.3, -0.25) is 34.4 Å². The Morgan fingerprint density at radius 1 is 0.788 bits per heavy atom. The van der Waals surface area contributed by atoms with Crippen LogP contribution in [-0.2, 0) is 24.1 Å². The number of nitrogens with one attached hydrogen (secondary N) is 2. The normalized spacial score (nSPS) is 17.1. The number of carbonyl (C=O) groups excluding carboxylic acids is 4. The summed E-state index contributed by atoms with van der Waals surface area (Å²) in [5.41, 5.74) is 8.28. The highest BCUT2D eigenvalue weighted by Gasteiger charge is 2.32. The van der Waals surface area contributed by atoms with Crippen molar-refractivity contribution in [2.45, 2.75) is 58.4 Å². The number of amides is 3. The van der Waals surface area contributed by atoms with Crippen molar-refractivity contribution < 1.29 is 24.1 Å². The maximum atomic E-state index is 12.5. The summed E-state index contributed by atoms with van der Waals surface area (Å²) < 4.78 is 0. The van der Waals surface area contributed by atoms with Crippen LogP contribution in [0.5, 0.6) is 0 Å². The van der Waals surface area contributed by atoms with Crippen molar-refractivity contribution in [2.24, 2.45) is 0 Å². The molecule has 2 heterocycles. The molecule has 0 saturated carbocycles. The standard InChI is InChI=1S/C22H27N5O2.C9H7NO3.C9H8O/c1-15-6-7-17(14-23-15)24-22(29)25-20-5-3-4-19-18(20)8-9-21(19)27-12-10-26(11-13-27)16(2)28;11-9-5-4-6-7(9)2-1-3-8(6)10(12)13;10-9-6-5-7-3-1-2-4-8(7)9/h3-7,14,21H,8-13H2,1-2H3,(H2,24,25,29);1-3H,4-5H2;1-4H,5-6H2. The zero-order valence-electron chi connectivity index (χ0n) is 29.4. The minimum atomic E-state index is -0.433. The first-order chi connectivity index (χ1) is 25.1. The Hall–Kier alpha value is -5.75. The minimum absolute atomic E-state index is 0.0127. The number of nitrogens with zero attached hydrogens (tertiary/aromatic N) is 4. The van der Waals surface area contributed by atoms with E-state index in [4.69, 9.17) is 0 Å². The van der Waals surface area contributed by atoms with Gasteiger partial charge in [0.05, 0.1) is 16.8 Å². The molecular weight excluding hydrogens is 660 g/mol. The van der Waals surface area contributed by atoms with E-state index in [-0.39, 0.29) is 23.4 Å². The van der Waals surface area contributed by atoms with Gasteiger partial charge in [-0.2, -0.15) is 0 Å². The summed E-state index contributed by atoms with van der Waals surface area (Å²) in [5, 5.41) is 16.4. The van der Waals surface area contributed by atoms with Gasteiger partial charge < -0.3 is 15.5 Å². The zero-order valence-corrected chi connectivity index (χ0v) is 29.4. The molecule has 1 aromatic heterocycles. The minimum Gasteiger partial charge on any atom is -0.340 e. The molecule has 1 unspecified atom stereocenters. The molecule has 1 fully saturated rings. The van der Waals surface area contributed by atoms with E-state index in [1.165, 1.54) is 22.8 Å². The van der Waals surface area contributed by atoms with Gasteiger partial charge in [-0.15, -0.1) is 0 Å². The Morgan fingerprint density at radius 3 is 2.21 bits per heavy atom. The van der Waals surface area contributed by atoms with Gasteiger partial charge in [0.2, 0.25) is 5.91 Å². The summed E-state index contributed by atoms with van der Waals surface area (Å²) in [7, 11) is 0. The molecule has 3 aliphatic carbocycles. The fourth-order valence-corrected chi connectivity index (χ4v) is 7.34. The predicted molar refractivity (Wildman–Crippen MR) is 198 cm³/mol. The Kier molecular flexibility index (Phi) is 11.1. The molecule has 0 radical (unpaired) electrons. The lowest BCUT2D eigenvalue weighted by atomic mass is 10.0. The van der Waals surface area contributed by atoms with Crippen molar-refractivity contribution in [2.75, 3.05) is 36.8 Å². The van der Waals surface area contributed by atoms with Crippen molar-refractivity contribution >= 4 is 40.6 Å². The summed E-state index contributed by atoms with van der Waals surface area (Å²) in [6.07, 6.45) is 6.19. The van der Waals surface area contributed by atoms with Crippen LogP contribution in [0.3, 0.4) is 0 Å². The molecule has 0 spiro atoms. The van der Waals surface area contributed by atoms with Gasteiger partial charge >= 0.3 is 6.03 Å². The number of fused-ring (bicyclic) bond motifs is 3. The lowest BCUT2D eigenvalue weighted by molar-refractivity contribution is -0.385. The van der Waals surface area contributed by atoms with E-state index in [1.54, 1.807) is 25.3 Å². The Bertz CT molecular complexity index is 2000. The number of ketones is 2. The maximum Gasteiger partial charge on any atom is 0.323 e. The number of Topliss-reactive ketones (excluding diaryl/α,β-unsaturated/α-hetero) is 2. The maximum absolute atomic E-state index is 12.5. The molecule has 4 aromatic rings. The monoisotopic (exact) mass is 702 g/mol. The fourth-order valence-electron chi connectivity index (χ4n) is 7.34. The summed E-state index contributed by atoms with van der Waals surface area (Å²) in [6.45, 7) is 6.90. The van der Waals surface area contributed by atoms with Crippen molar-refractivity contribution in [3.63, 3.8) is 0 Å². The van der Waals surface area contributed by atoms with E-state index in [0.717, 1.165) is 62.4 Å². The smallest absolute Gasteiger partial charge is 0.323 e. The number of aryl methyl sites for hydroxylation is 2. The number of benzene rings is 3. The van der Waals surface area contributed by atoms with Crippen LogP contribution >= 0.6 is 0 Å². The molecule has 3 amide bonds. The van der Waals surface area contributed by atoms with Gasteiger partial charge in [0.25, 0.3) is 5.69 Å². The highest BCUT2D eigenvalue weighted by atomic mass is 16.6. The second kappa shape index (κ2) is 16.1. The number of nitro benzene ring substituents is 1. The fraction of sp³-hybridized carbons (Fsp3) is 0.325. The molecule has 8 rings (SSSR count). The molecule has 1 aliphatic heterocycles. The quantitative estimate of drug-likeness (QED) is 0.175. The van der Waals surface area contributed by atoms with E-state index >= 15 is 0 Å². The number of hydrogen-bond acceptors (Lipinski definition) is 8. The average molecular weight is 703 g/mol. The molecule has 268 valence electrons. The number of aromatic nitrogens is 1. The lowest BCUT2D eigenvalue weighted by Gasteiger charge is -2.38. The van der Waals surface area contributed by atoms with Crippen LogP contribution in [0.15, 0.2) is 79.0 Å². The van der Waals surface area contributed by atoms with Gasteiger partial charge in [-0.05, 0) is 67.5 Å². The Morgan fingerprint density at radius 2 is 1.50 bits per heavy atom. The number of anilines is 2. The largest absolute Gasteiger partial charge is 0.340 e. The van der Waals surface area contributed by atoms with E-state index in [0.29, 0.717) is 47.9 Å². The van der Waals surface area contributed by atoms with Crippen LogP contribution in [0.4, 0.5) is 21.9 Å². The first-order valence-corrected chi connectivity index (χ1v) is 17.6. The summed E-state index contributed by atoms with van der Waals surface area (Å²) in [4.78, 5) is 65.0. The van der Waals surface area contributed by atoms with E-state index in [1.807, 2.05) is 60.4 Å². The third-order valence-corrected chi connectivity index (χ3v) is 10.0. The molecule has 12 nitrogen and oxygen atoms in total. The molecule has 4 aliphatic rings. The molecule has 1 atom stereocenters. The predicted octanol–water partition coefficient (Wildman–Crippen LogP) is 6.72. The second-order valence-electron chi connectivity index (χ2n) is 13.3. The van der Waals surface area contributed by atoms with E-state index < -0.39 is 4.92 Å². The van der Waals surface area contributed by atoms with E-state index in [9.17, 15) is 29.3 Å². The first kappa shape index (κ1) is 36.1. The molecular formula is C40H42N6O6. The average Bonchev–Trinajstić information content (AvgIpc) is 3.87. The highest BCUT2D eigenvalue weighted by molar-refractivity contribution is 6.02. The van der Waals surface area contributed by atoms with Crippen LogP contribution in [0.1, 0.15) is 80.9 Å². The third-order valence-electron chi connectivity index (χ3n) is 10.0. The first-order valence-electron chi connectivity index (χ1n) is 17.6. The Labute approximate surface area is 302 Å². The van der Waals surface area contributed by atoms with Crippen molar-refractivity contribution in [1.29, 1.82) is 0 Å². The summed E-state index contributed by atoms with van der Waals surface area (Å²) >= 11 is 0. The van der Waals surface area contributed by atoms with Crippen molar-refractivity contribution in [1.82, 2.24) is 14.8 Å². The van der Waals surface area contributed by atoms with Gasteiger partial charge in [0.1, 0.15) is 0 Å². The Balaban J connectivity index is 0.000000164. The van der Waals surface area contributed by atoms with Crippen LogP contribution in [0.25, 0.3) is 0 Å². The number of carbonyl (C=O) groups is 4. The van der Waals surface area contributed by atoms with Crippen LogP contribution in [0, 0.1) is 17.0 Å². The summed E-state index contributed by atoms with van der Waals surface area (Å²) in [5.74, 6) is 0.465. The van der Waals surface area contributed by atoms with Gasteiger partial charge in [0.15, 0.2) is 11.6 Å². The highest BCUT2D eigenvalue weighted by Crippen LogP contribution is 2.40. The number of pyridine rings is 1. The summed E-state index contributed by atoms with van der Waals surface area (Å²) in [6, 6.07) is 22.4. The number of urea groups is 1. The van der Waals surface area contributed by atoms with Gasteiger partial charge in [0, 0.05) is 86.1 Å². The molecule has 2 N–H and O–H groups in total. The SMILES string of the molecule is CC(=O)N1CCN(C2CCc3c(NC(=O)Nc4ccc(C)nc4)cccc32)CC1.O=C1CCc2c1cccc2[N+](=O)[O-].O=C1CCc2ccccc21. The number of nitro groups is 1. The number of hydrogen-bond donors (Lipinski definition) is 2. The van der Waals surface area contributed by atoms with E-state index in [2.05, 4.69) is 26.6 Å². The third kappa shape index (κ3) is 8.24. The molecule has 12 heteroatoms. The number of piperazine rings is 1. The lowest BCUT2D eigenvalue weighted by Crippen LogP contribution is -2.48. The van der Waals surface area contributed by atoms with Crippen molar-refractivity contribution in [3.05, 3.63) is 128 Å².